The highest BCUT2D eigenvalue weighted by atomic mass is 32.2. The number of ether oxygens (including phenoxy) is 1. The average molecular weight is 288 g/mol. The molecule has 0 radical (unpaired) electrons. The summed E-state index contributed by atoms with van der Waals surface area (Å²) in [6.45, 7) is 1.17. The highest BCUT2D eigenvalue weighted by molar-refractivity contribution is 7.89. The number of nitrogens with one attached hydrogen (secondary N) is 1. The van der Waals surface area contributed by atoms with Gasteiger partial charge in [0.05, 0.1) is 24.2 Å². The van der Waals surface area contributed by atoms with Crippen molar-refractivity contribution in [2.75, 3.05) is 13.7 Å². The number of carbonyl (C=O) groups excluding carboxylic acids is 1. The largest absolute Gasteiger partial charge is 0.496 e. The van der Waals surface area contributed by atoms with Gasteiger partial charge in [0, 0.05) is 6.04 Å². The van der Waals surface area contributed by atoms with E-state index in [0.29, 0.717) is 0 Å². The Morgan fingerprint density at radius 3 is 2.63 bits per heavy atom. The molecule has 0 spiro atoms. The van der Waals surface area contributed by atoms with Crippen molar-refractivity contribution in [2.45, 2.75) is 17.9 Å². The molecule has 0 heterocycles. The minimum Gasteiger partial charge on any atom is -0.496 e. The predicted octanol–water partition coefficient (Wildman–Crippen LogP) is -0.547. The number of primary amides is 1. The predicted molar refractivity (Wildman–Crippen MR) is 68.4 cm³/mol. The number of aliphatic hydroxyl groups excluding tert-OH is 1. The SMILES string of the molecule is COc1ccc(S(=O)(=O)NC(C)CO)cc1C(N)=O. The molecule has 0 fully saturated rings. The van der Waals surface area contributed by atoms with Gasteiger partial charge < -0.3 is 15.6 Å². The van der Waals surface area contributed by atoms with Crippen LogP contribution in [-0.4, -0.2) is 39.2 Å². The van der Waals surface area contributed by atoms with Gasteiger partial charge in [0.1, 0.15) is 5.75 Å². The van der Waals surface area contributed by atoms with Crippen molar-refractivity contribution in [1.29, 1.82) is 0 Å². The standard InChI is InChI=1S/C11H16N2O5S/c1-7(6-14)13-19(16,17)8-3-4-10(18-2)9(5-8)11(12)15/h3-5,7,13-14H,6H2,1-2H3,(H2,12,15). The number of hydrogen-bond donors (Lipinski definition) is 3. The summed E-state index contributed by atoms with van der Waals surface area (Å²) in [4.78, 5) is 11.1. The Kier molecular flexibility index (Phi) is 4.87. The zero-order valence-corrected chi connectivity index (χ0v) is 11.4. The van der Waals surface area contributed by atoms with E-state index in [2.05, 4.69) is 4.72 Å². The molecule has 0 saturated heterocycles. The molecule has 0 saturated carbocycles. The van der Waals surface area contributed by atoms with Crippen LogP contribution in [0.5, 0.6) is 5.75 Å². The van der Waals surface area contributed by atoms with E-state index in [4.69, 9.17) is 15.6 Å². The first-order valence-electron chi connectivity index (χ1n) is 5.43. The van der Waals surface area contributed by atoms with E-state index < -0.39 is 22.0 Å². The van der Waals surface area contributed by atoms with E-state index in [1.807, 2.05) is 0 Å². The van der Waals surface area contributed by atoms with Crippen LogP contribution in [0.25, 0.3) is 0 Å². The smallest absolute Gasteiger partial charge is 0.252 e. The van der Waals surface area contributed by atoms with Crippen LogP contribution < -0.4 is 15.2 Å². The third-order valence-electron chi connectivity index (χ3n) is 2.38. The molecule has 0 aliphatic heterocycles. The Hall–Kier alpha value is -1.64. The second kappa shape index (κ2) is 6.00. The normalized spacial score (nSPS) is 13.0. The van der Waals surface area contributed by atoms with Gasteiger partial charge in [-0.1, -0.05) is 0 Å². The number of amides is 1. The highest BCUT2D eigenvalue weighted by Crippen LogP contribution is 2.22. The summed E-state index contributed by atoms with van der Waals surface area (Å²) in [6.07, 6.45) is 0. The van der Waals surface area contributed by atoms with E-state index in [1.165, 1.54) is 26.2 Å². The molecular formula is C11H16N2O5S. The summed E-state index contributed by atoms with van der Waals surface area (Å²) >= 11 is 0. The van der Waals surface area contributed by atoms with Crippen LogP contribution in [0.15, 0.2) is 23.1 Å². The van der Waals surface area contributed by atoms with Gasteiger partial charge in [0.15, 0.2) is 0 Å². The number of methoxy groups -OCH3 is 1. The number of rotatable bonds is 6. The molecule has 106 valence electrons. The molecule has 4 N–H and O–H groups in total. The van der Waals surface area contributed by atoms with Crippen molar-refractivity contribution in [1.82, 2.24) is 4.72 Å². The summed E-state index contributed by atoms with van der Waals surface area (Å²) < 4.78 is 31.1. The molecular weight excluding hydrogens is 272 g/mol. The lowest BCUT2D eigenvalue weighted by Crippen LogP contribution is -2.35. The monoisotopic (exact) mass is 288 g/mol. The molecule has 1 rings (SSSR count). The summed E-state index contributed by atoms with van der Waals surface area (Å²) in [5.41, 5.74) is 5.13. The van der Waals surface area contributed by atoms with Crippen molar-refractivity contribution in [2.24, 2.45) is 5.73 Å². The first kappa shape index (κ1) is 15.4. The van der Waals surface area contributed by atoms with Crippen molar-refractivity contribution >= 4 is 15.9 Å². The van der Waals surface area contributed by atoms with E-state index in [0.717, 1.165) is 6.07 Å². The fourth-order valence-electron chi connectivity index (χ4n) is 1.42. The molecule has 1 aromatic carbocycles. The Labute approximate surface area is 111 Å². The van der Waals surface area contributed by atoms with Gasteiger partial charge in [-0.2, -0.15) is 0 Å². The maximum absolute atomic E-state index is 12.0. The van der Waals surface area contributed by atoms with Crippen LogP contribution in [0.4, 0.5) is 0 Å². The van der Waals surface area contributed by atoms with Crippen LogP contribution in [0.1, 0.15) is 17.3 Å². The van der Waals surface area contributed by atoms with Crippen LogP contribution in [0, 0.1) is 0 Å². The van der Waals surface area contributed by atoms with Gasteiger partial charge in [0.2, 0.25) is 10.0 Å². The molecule has 1 atom stereocenters. The van der Waals surface area contributed by atoms with Gasteiger partial charge in [-0.3, -0.25) is 4.79 Å². The van der Waals surface area contributed by atoms with Gasteiger partial charge >= 0.3 is 0 Å². The lowest BCUT2D eigenvalue weighted by atomic mass is 10.2. The van der Waals surface area contributed by atoms with Crippen molar-refractivity contribution in [3.05, 3.63) is 23.8 Å². The number of aliphatic hydroxyl groups is 1. The molecule has 8 heteroatoms. The Balaban J connectivity index is 3.22. The third-order valence-corrected chi connectivity index (χ3v) is 3.96. The highest BCUT2D eigenvalue weighted by Gasteiger charge is 2.20. The Morgan fingerprint density at radius 1 is 1.53 bits per heavy atom. The number of carbonyl (C=O) groups is 1. The third kappa shape index (κ3) is 3.66. The lowest BCUT2D eigenvalue weighted by molar-refractivity contribution is 0.0997. The van der Waals surface area contributed by atoms with Crippen LogP contribution in [0.3, 0.4) is 0 Å². The summed E-state index contributed by atoms with van der Waals surface area (Å²) in [6, 6.07) is 3.13. The average Bonchev–Trinajstić information content (AvgIpc) is 2.37. The second-order valence-corrected chi connectivity index (χ2v) is 5.65. The first-order chi connectivity index (χ1) is 8.81. The minimum absolute atomic E-state index is 0.0259. The quantitative estimate of drug-likeness (QED) is 0.649. The molecule has 0 bridgehead atoms. The maximum Gasteiger partial charge on any atom is 0.252 e. The van der Waals surface area contributed by atoms with E-state index in [9.17, 15) is 13.2 Å². The fourth-order valence-corrected chi connectivity index (χ4v) is 2.68. The van der Waals surface area contributed by atoms with Gasteiger partial charge in [0.25, 0.3) is 5.91 Å². The molecule has 1 amide bonds. The van der Waals surface area contributed by atoms with E-state index >= 15 is 0 Å². The number of sulfonamides is 1. The van der Waals surface area contributed by atoms with Crippen LogP contribution in [0.2, 0.25) is 0 Å². The first-order valence-corrected chi connectivity index (χ1v) is 6.91. The van der Waals surface area contributed by atoms with Crippen molar-refractivity contribution in [3.8, 4) is 5.75 Å². The summed E-state index contributed by atoms with van der Waals surface area (Å²) in [5.74, 6) is -0.592. The number of benzene rings is 1. The topological polar surface area (TPSA) is 119 Å². The van der Waals surface area contributed by atoms with Crippen LogP contribution >= 0.6 is 0 Å². The molecule has 0 aliphatic carbocycles. The van der Waals surface area contributed by atoms with E-state index in [-0.39, 0.29) is 22.8 Å². The van der Waals surface area contributed by atoms with Gasteiger partial charge in [-0.15, -0.1) is 0 Å². The van der Waals surface area contributed by atoms with Crippen LogP contribution in [-0.2, 0) is 10.0 Å². The number of nitrogens with two attached hydrogens (primary N) is 1. The maximum atomic E-state index is 12.0. The molecule has 7 nitrogen and oxygen atoms in total. The number of hydrogen-bond acceptors (Lipinski definition) is 5. The molecule has 0 aliphatic rings. The van der Waals surface area contributed by atoms with Gasteiger partial charge in [-0.05, 0) is 25.1 Å². The molecule has 1 aromatic rings. The summed E-state index contributed by atoms with van der Waals surface area (Å²) in [7, 11) is -2.48. The Morgan fingerprint density at radius 2 is 2.16 bits per heavy atom. The fraction of sp³-hybridized carbons (Fsp3) is 0.364. The lowest BCUT2D eigenvalue weighted by Gasteiger charge is -2.13. The molecule has 1 unspecified atom stereocenters. The second-order valence-electron chi connectivity index (χ2n) is 3.93. The van der Waals surface area contributed by atoms with Crippen molar-refractivity contribution < 1.29 is 23.1 Å². The van der Waals surface area contributed by atoms with Crippen molar-refractivity contribution in [3.63, 3.8) is 0 Å². The van der Waals surface area contributed by atoms with Gasteiger partial charge in [-0.25, -0.2) is 13.1 Å². The minimum atomic E-state index is -3.83. The molecule has 19 heavy (non-hydrogen) atoms. The van der Waals surface area contributed by atoms with E-state index in [1.54, 1.807) is 0 Å². The zero-order chi connectivity index (χ0) is 14.6. The Bertz CT molecular complexity index is 570. The zero-order valence-electron chi connectivity index (χ0n) is 10.6. The summed E-state index contributed by atoms with van der Waals surface area (Å²) in [5, 5.41) is 8.85. The molecule has 0 aromatic heterocycles.